The van der Waals surface area contributed by atoms with E-state index in [1.54, 1.807) is 11.3 Å². The highest BCUT2D eigenvalue weighted by atomic mass is 32.1. The molecule has 1 heterocycles. The Morgan fingerprint density at radius 1 is 0.943 bits per heavy atom. The second-order valence-electron chi connectivity index (χ2n) is 8.30. The first kappa shape index (κ1) is 24.5. The number of thiazole rings is 1. The third-order valence-electron chi connectivity index (χ3n) is 5.58. The zero-order valence-electron chi connectivity index (χ0n) is 19.7. The summed E-state index contributed by atoms with van der Waals surface area (Å²) in [5.41, 5.74) is 4.13. The van der Waals surface area contributed by atoms with Crippen molar-refractivity contribution in [2.45, 2.75) is 45.3 Å². The van der Waals surface area contributed by atoms with Crippen LogP contribution in [0.3, 0.4) is 0 Å². The first-order valence-electron chi connectivity index (χ1n) is 11.8. The van der Waals surface area contributed by atoms with Gasteiger partial charge in [0.05, 0.1) is 5.69 Å². The lowest BCUT2D eigenvalue weighted by molar-refractivity contribution is -0.136. The molecule has 5 nitrogen and oxygen atoms in total. The number of hydrogen-bond acceptors (Lipinski definition) is 5. The molecule has 0 aliphatic heterocycles. The Hall–Kier alpha value is -3.64. The third kappa shape index (κ3) is 7.17. The van der Waals surface area contributed by atoms with Crippen molar-refractivity contribution >= 4 is 17.3 Å². The molecule has 1 N–H and O–H groups in total. The Bertz CT molecular complexity index is 1200. The molecule has 6 heteroatoms. The summed E-state index contributed by atoms with van der Waals surface area (Å²) in [5.74, 6) is 0.777. The SMILES string of the molecule is CCCC(Oc1ccc(COc2ccc(CCC(=O)O)cc2)cc1)c1nc(-c2ccccc2)cs1. The lowest BCUT2D eigenvalue weighted by Gasteiger charge is -2.17. The van der Waals surface area contributed by atoms with Crippen molar-refractivity contribution in [1.29, 1.82) is 0 Å². The Balaban J connectivity index is 1.33. The molecule has 0 aliphatic carbocycles. The number of aryl methyl sites for hydroxylation is 1. The molecule has 3 aromatic carbocycles. The van der Waals surface area contributed by atoms with E-state index in [0.29, 0.717) is 13.0 Å². The van der Waals surface area contributed by atoms with Crippen molar-refractivity contribution in [1.82, 2.24) is 4.98 Å². The minimum absolute atomic E-state index is 0.0794. The van der Waals surface area contributed by atoms with E-state index in [1.165, 1.54) is 0 Å². The van der Waals surface area contributed by atoms with Crippen LogP contribution in [0.5, 0.6) is 11.5 Å². The van der Waals surface area contributed by atoms with E-state index in [1.807, 2.05) is 66.7 Å². The van der Waals surface area contributed by atoms with Crippen molar-refractivity contribution in [3.05, 3.63) is 100 Å². The number of benzene rings is 3. The molecular weight excluding hydrogens is 458 g/mol. The average Bonchev–Trinajstić information content (AvgIpc) is 3.38. The van der Waals surface area contributed by atoms with Crippen LogP contribution in [0, 0.1) is 0 Å². The van der Waals surface area contributed by atoms with E-state index < -0.39 is 5.97 Å². The molecule has 0 aliphatic rings. The van der Waals surface area contributed by atoms with Gasteiger partial charge in [0.1, 0.15) is 29.2 Å². The molecule has 0 spiro atoms. The minimum atomic E-state index is -0.789. The number of aromatic nitrogens is 1. The first-order chi connectivity index (χ1) is 17.1. The Labute approximate surface area is 210 Å². The molecule has 0 saturated heterocycles. The Morgan fingerprint density at radius 2 is 1.63 bits per heavy atom. The van der Waals surface area contributed by atoms with Gasteiger partial charge in [-0.1, -0.05) is 67.9 Å². The van der Waals surface area contributed by atoms with Gasteiger partial charge in [0.25, 0.3) is 0 Å². The average molecular weight is 488 g/mol. The van der Waals surface area contributed by atoms with Gasteiger partial charge in [-0.05, 0) is 48.2 Å². The second-order valence-corrected chi connectivity index (χ2v) is 9.19. The summed E-state index contributed by atoms with van der Waals surface area (Å²) in [7, 11) is 0. The van der Waals surface area contributed by atoms with Gasteiger partial charge in [-0.3, -0.25) is 4.79 Å². The van der Waals surface area contributed by atoms with Gasteiger partial charge in [-0.15, -0.1) is 11.3 Å². The van der Waals surface area contributed by atoms with E-state index in [2.05, 4.69) is 24.4 Å². The highest BCUT2D eigenvalue weighted by molar-refractivity contribution is 7.10. The number of carbonyl (C=O) groups is 1. The van der Waals surface area contributed by atoms with E-state index in [-0.39, 0.29) is 12.5 Å². The molecule has 4 aromatic rings. The third-order valence-corrected chi connectivity index (χ3v) is 6.51. The summed E-state index contributed by atoms with van der Waals surface area (Å²) < 4.78 is 12.2. The number of aliphatic carboxylic acids is 1. The quantitative estimate of drug-likeness (QED) is 0.227. The summed E-state index contributed by atoms with van der Waals surface area (Å²) in [5, 5.41) is 11.9. The summed E-state index contributed by atoms with van der Waals surface area (Å²) in [6.07, 6.45) is 2.47. The molecule has 35 heavy (non-hydrogen) atoms. The largest absolute Gasteiger partial charge is 0.489 e. The number of ether oxygens (including phenoxy) is 2. The lowest BCUT2D eigenvalue weighted by atomic mass is 10.1. The molecule has 1 atom stereocenters. The fraction of sp³-hybridized carbons (Fsp3) is 0.241. The Morgan fingerprint density at radius 3 is 2.31 bits per heavy atom. The van der Waals surface area contributed by atoms with Gasteiger partial charge in [-0.2, -0.15) is 0 Å². The van der Waals surface area contributed by atoms with E-state index in [0.717, 1.165) is 51.7 Å². The van der Waals surface area contributed by atoms with Gasteiger partial charge >= 0.3 is 5.97 Å². The van der Waals surface area contributed by atoms with Crippen LogP contribution in [0.25, 0.3) is 11.3 Å². The van der Waals surface area contributed by atoms with Crippen LogP contribution in [0.15, 0.2) is 84.2 Å². The molecule has 0 bridgehead atoms. The monoisotopic (exact) mass is 487 g/mol. The summed E-state index contributed by atoms with van der Waals surface area (Å²) >= 11 is 1.64. The van der Waals surface area contributed by atoms with Gasteiger partial charge in [0.2, 0.25) is 0 Å². The molecule has 0 amide bonds. The number of nitrogens with zero attached hydrogens (tertiary/aromatic N) is 1. The second kappa shape index (κ2) is 12.2. The maximum Gasteiger partial charge on any atom is 0.303 e. The van der Waals surface area contributed by atoms with Crippen molar-refractivity contribution in [2.24, 2.45) is 0 Å². The zero-order chi connectivity index (χ0) is 24.5. The number of rotatable bonds is 12. The first-order valence-corrected chi connectivity index (χ1v) is 12.7. The molecular formula is C29H29NO4S. The molecule has 0 fully saturated rings. The summed E-state index contributed by atoms with van der Waals surface area (Å²) in [6.45, 7) is 2.60. The van der Waals surface area contributed by atoms with E-state index in [9.17, 15) is 4.79 Å². The highest BCUT2D eigenvalue weighted by Gasteiger charge is 2.17. The number of hydrogen-bond donors (Lipinski definition) is 1. The van der Waals surface area contributed by atoms with Crippen LogP contribution in [0.1, 0.15) is 48.4 Å². The number of carboxylic acids is 1. The van der Waals surface area contributed by atoms with Gasteiger partial charge < -0.3 is 14.6 Å². The van der Waals surface area contributed by atoms with E-state index in [4.69, 9.17) is 19.6 Å². The highest BCUT2D eigenvalue weighted by Crippen LogP contribution is 2.31. The minimum Gasteiger partial charge on any atom is -0.489 e. The fourth-order valence-electron chi connectivity index (χ4n) is 3.67. The van der Waals surface area contributed by atoms with Gasteiger partial charge in [0.15, 0.2) is 0 Å². The standard InChI is InChI=1S/C29H29NO4S/c1-2-6-27(29-30-26(20-35-29)23-7-4-3-5-8-23)34-25-16-11-22(12-17-25)19-33-24-14-9-21(10-15-24)13-18-28(31)32/h3-5,7-12,14-17,20,27H,2,6,13,18-19H2,1H3,(H,31,32). The maximum atomic E-state index is 10.7. The molecule has 180 valence electrons. The van der Waals surface area contributed by atoms with E-state index >= 15 is 0 Å². The van der Waals surface area contributed by atoms with Crippen molar-refractivity contribution in [2.75, 3.05) is 0 Å². The molecule has 1 aromatic heterocycles. The Kier molecular flexibility index (Phi) is 8.52. The molecule has 0 saturated carbocycles. The smallest absolute Gasteiger partial charge is 0.303 e. The van der Waals surface area contributed by atoms with Crippen molar-refractivity contribution in [3.63, 3.8) is 0 Å². The summed E-state index contributed by atoms with van der Waals surface area (Å²) in [4.78, 5) is 15.6. The van der Waals surface area contributed by atoms with Crippen LogP contribution >= 0.6 is 11.3 Å². The van der Waals surface area contributed by atoms with Crippen LogP contribution in [-0.4, -0.2) is 16.1 Å². The van der Waals surface area contributed by atoms with Crippen LogP contribution in [0.2, 0.25) is 0 Å². The topological polar surface area (TPSA) is 68.7 Å². The van der Waals surface area contributed by atoms with Crippen LogP contribution in [0.4, 0.5) is 0 Å². The summed E-state index contributed by atoms with van der Waals surface area (Å²) in [6, 6.07) is 25.7. The maximum absolute atomic E-state index is 10.7. The van der Waals surface area contributed by atoms with Gasteiger partial charge in [-0.25, -0.2) is 4.98 Å². The van der Waals surface area contributed by atoms with Crippen LogP contribution in [-0.2, 0) is 17.8 Å². The number of carboxylic acid groups (broad SMARTS) is 1. The van der Waals surface area contributed by atoms with Gasteiger partial charge in [0, 0.05) is 17.4 Å². The normalized spacial score (nSPS) is 11.7. The fourth-order valence-corrected chi connectivity index (χ4v) is 4.56. The van der Waals surface area contributed by atoms with Crippen molar-refractivity contribution < 1.29 is 19.4 Å². The lowest BCUT2D eigenvalue weighted by Crippen LogP contribution is -2.07. The predicted octanol–water partition coefficient (Wildman–Crippen LogP) is 7.33. The predicted molar refractivity (Wildman–Crippen MR) is 139 cm³/mol. The molecule has 1 unspecified atom stereocenters. The molecule has 0 radical (unpaired) electrons. The zero-order valence-corrected chi connectivity index (χ0v) is 20.5. The van der Waals surface area contributed by atoms with Crippen molar-refractivity contribution in [3.8, 4) is 22.8 Å². The van der Waals surface area contributed by atoms with Crippen LogP contribution < -0.4 is 9.47 Å². The molecule has 4 rings (SSSR count).